The topological polar surface area (TPSA) is 96.7 Å². The summed E-state index contributed by atoms with van der Waals surface area (Å²) in [7, 11) is 1.47. The van der Waals surface area contributed by atoms with E-state index in [2.05, 4.69) is 4.98 Å². The number of hydrogen-bond acceptors (Lipinski definition) is 5. The van der Waals surface area contributed by atoms with Crippen LogP contribution in [0.15, 0.2) is 42.6 Å². The summed E-state index contributed by atoms with van der Waals surface area (Å²) in [6.45, 7) is 0.187. The number of pyridine rings is 1. The molecule has 2 aromatic carbocycles. The Hall–Kier alpha value is -3.32. The van der Waals surface area contributed by atoms with Crippen LogP contribution < -0.4 is 0 Å². The van der Waals surface area contributed by atoms with Crippen LogP contribution in [0.3, 0.4) is 0 Å². The Bertz CT molecular complexity index is 1050. The molecule has 0 radical (unpaired) electrons. The van der Waals surface area contributed by atoms with Gasteiger partial charge in [0.2, 0.25) is 0 Å². The molecule has 0 saturated carbocycles. The van der Waals surface area contributed by atoms with Gasteiger partial charge in [0.05, 0.1) is 6.61 Å². The Labute approximate surface area is 160 Å². The summed E-state index contributed by atoms with van der Waals surface area (Å²) >= 11 is 0. The average Bonchev–Trinajstić information content (AvgIpc) is 2.68. The van der Waals surface area contributed by atoms with Gasteiger partial charge in [-0.15, -0.1) is 0 Å². The number of aromatic hydroxyl groups is 1. The number of rotatable bonds is 7. The van der Waals surface area contributed by atoms with Gasteiger partial charge >= 0.3 is 5.97 Å². The Morgan fingerprint density at radius 2 is 1.82 bits per heavy atom. The monoisotopic (exact) mass is 383 g/mol. The summed E-state index contributed by atoms with van der Waals surface area (Å²) in [6, 6.07) is 8.87. The lowest BCUT2D eigenvalue weighted by molar-refractivity contribution is 0.0694. The molecule has 0 aliphatic heterocycles. The maximum Gasteiger partial charge on any atom is 0.339 e. The molecule has 28 heavy (non-hydrogen) atoms. The first-order valence-corrected chi connectivity index (χ1v) is 8.55. The molecule has 0 atom stereocenters. The van der Waals surface area contributed by atoms with Gasteiger partial charge < -0.3 is 14.9 Å². The van der Waals surface area contributed by atoms with Crippen molar-refractivity contribution >= 4 is 22.7 Å². The fourth-order valence-corrected chi connectivity index (χ4v) is 2.98. The molecule has 0 saturated heterocycles. The second-order valence-electron chi connectivity index (χ2n) is 6.33. The van der Waals surface area contributed by atoms with Crippen molar-refractivity contribution in [3.8, 4) is 5.75 Å². The maximum absolute atomic E-state index is 13.1. The molecule has 144 valence electrons. The van der Waals surface area contributed by atoms with E-state index in [1.807, 2.05) is 0 Å². The molecule has 3 aromatic rings. The number of halogens is 1. The number of Topliss-reactive ketones (excluding diaryl/α,β-unsaturated/α-hetero) is 1. The van der Waals surface area contributed by atoms with Crippen molar-refractivity contribution in [2.75, 3.05) is 13.7 Å². The van der Waals surface area contributed by atoms with E-state index in [9.17, 15) is 24.2 Å². The number of ether oxygens (including phenoxy) is 1. The Morgan fingerprint density at radius 3 is 2.46 bits per heavy atom. The van der Waals surface area contributed by atoms with Crippen molar-refractivity contribution in [2.45, 2.75) is 12.8 Å². The number of methoxy groups -OCH3 is 1. The van der Waals surface area contributed by atoms with Gasteiger partial charge in [0.15, 0.2) is 11.5 Å². The molecule has 0 unspecified atom stereocenters. The van der Waals surface area contributed by atoms with Crippen molar-refractivity contribution in [1.29, 1.82) is 0 Å². The van der Waals surface area contributed by atoms with Crippen LogP contribution in [0.25, 0.3) is 10.9 Å². The number of aromatic nitrogens is 1. The van der Waals surface area contributed by atoms with Gasteiger partial charge in [-0.3, -0.25) is 9.78 Å². The smallest absolute Gasteiger partial charge is 0.339 e. The molecule has 0 spiro atoms. The standard InChI is InChI=1S/C21H18FNO5/c1-28-7-6-18(24)15-10-17(21(26)27)20(25)19-16(15)9-13(11-23-19)8-12-2-4-14(22)5-3-12/h2-5,9-11,25H,6-8H2,1H3,(H,26,27). The van der Waals surface area contributed by atoms with Crippen molar-refractivity contribution in [1.82, 2.24) is 4.98 Å². The highest BCUT2D eigenvalue weighted by Crippen LogP contribution is 2.32. The molecular weight excluding hydrogens is 365 g/mol. The Balaban J connectivity index is 2.11. The van der Waals surface area contributed by atoms with E-state index in [-0.39, 0.29) is 41.3 Å². The van der Waals surface area contributed by atoms with Crippen LogP contribution in [-0.4, -0.2) is 40.7 Å². The normalized spacial score (nSPS) is 10.9. The lowest BCUT2D eigenvalue weighted by Crippen LogP contribution is -2.08. The summed E-state index contributed by atoms with van der Waals surface area (Å²) in [5.74, 6) is -2.48. The summed E-state index contributed by atoms with van der Waals surface area (Å²) in [5, 5.41) is 20.0. The lowest BCUT2D eigenvalue weighted by Gasteiger charge is -2.11. The van der Waals surface area contributed by atoms with Crippen LogP contribution in [-0.2, 0) is 11.2 Å². The number of hydrogen-bond donors (Lipinski definition) is 2. The number of nitrogens with zero attached hydrogens (tertiary/aromatic N) is 1. The van der Waals surface area contributed by atoms with E-state index in [1.165, 1.54) is 31.5 Å². The van der Waals surface area contributed by atoms with Crippen LogP contribution >= 0.6 is 0 Å². The summed E-state index contributed by atoms with van der Waals surface area (Å²) in [4.78, 5) is 28.2. The predicted octanol–water partition coefficient (Wildman–Crippen LogP) is 3.59. The third-order valence-electron chi connectivity index (χ3n) is 4.39. The number of carboxylic acid groups (broad SMARTS) is 1. The quantitative estimate of drug-likeness (QED) is 0.605. The molecule has 6 nitrogen and oxygen atoms in total. The van der Waals surface area contributed by atoms with Crippen LogP contribution in [0, 0.1) is 5.82 Å². The van der Waals surface area contributed by atoms with Gasteiger partial charge in [0, 0.05) is 30.7 Å². The number of benzene rings is 2. The van der Waals surface area contributed by atoms with E-state index in [0.717, 1.165) is 11.1 Å². The molecule has 7 heteroatoms. The summed E-state index contributed by atoms with van der Waals surface area (Å²) in [6.07, 6.45) is 2.01. The number of fused-ring (bicyclic) bond motifs is 1. The van der Waals surface area contributed by atoms with E-state index < -0.39 is 11.7 Å². The predicted molar refractivity (Wildman–Crippen MR) is 100 cm³/mol. The number of carboxylic acids is 1. The number of ketones is 1. The van der Waals surface area contributed by atoms with Crippen LogP contribution in [0.5, 0.6) is 5.75 Å². The van der Waals surface area contributed by atoms with Crippen molar-refractivity contribution < 1.29 is 28.9 Å². The zero-order valence-corrected chi connectivity index (χ0v) is 15.1. The molecule has 3 rings (SSSR count). The van der Waals surface area contributed by atoms with Crippen molar-refractivity contribution in [3.05, 3.63) is 70.7 Å². The lowest BCUT2D eigenvalue weighted by atomic mass is 9.96. The number of aromatic carboxylic acids is 1. The molecule has 0 bridgehead atoms. The van der Waals surface area contributed by atoms with Gasteiger partial charge in [-0.2, -0.15) is 0 Å². The van der Waals surface area contributed by atoms with E-state index in [4.69, 9.17) is 4.74 Å². The average molecular weight is 383 g/mol. The zero-order chi connectivity index (χ0) is 20.3. The first-order chi connectivity index (χ1) is 13.4. The Morgan fingerprint density at radius 1 is 1.11 bits per heavy atom. The van der Waals surface area contributed by atoms with Gasteiger partial charge in [-0.1, -0.05) is 12.1 Å². The molecule has 0 aliphatic carbocycles. The highest BCUT2D eigenvalue weighted by molar-refractivity contribution is 6.12. The Kier molecular flexibility index (Phi) is 5.65. The van der Waals surface area contributed by atoms with Crippen molar-refractivity contribution in [2.24, 2.45) is 0 Å². The minimum absolute atomic E-state index is 0.0449. The zero-order valence-electron chi connectivity index (χ0n) is 15.1. The van der Waals surface area contributed by atoms with Crippen LogP contribution in [0.2, 0.25) is 0 Å². The summed E-state index contributed by atoms with van der Waals surface area (Å²) in [5.41, 5.74) is 1.41. The minimum Gasteiger partial charge on any atom is -0.505 e. The first-order valence-electron chi connectivity index (χ1n) is 8.55. The van der Waals surface area contributed by atoms with Crippen molar-refractivity contribution in [3.63, 3.8) is 0 Å². The van der Waals surface area contributed by atoms with Crippen LogP contribution in [0.4, 0.5) is 4.39 Å². The molecule has 0 aliphatic rings. The highest BCUT2D eigenvalue weighted by atomic mass is 19.1. The third kappa shape index (κ3) is 3.99. The van der Waals surface area contributed by atoms with Crippen LogP contribution in [0.1, 0.15) is 38.3 Å². The maximum atomic E-state index is 13.1. The number of carbonyl (C=O) groups is 2. The number of phenols is 1. The van der Waals surface area contributed by atoms with E-state index in [0.29, 0.717) is 11.8 Å². The second-order valence-corrected chi connectivity index (χ2v) is 6.33. The van der Waals surface area contributed by atoms with Gasteiger partial charge in [0.1, 0.15) is 16.9 Å². The second kappa shape index (κ2) is 8.14. The van der Waals surface area contributed by atoms with Gasteiger partial charge in [-0.05, 0) is 41.8 Å². The largest absolute Gasteiger partial charge is 0.505 e. The molecule has 0 amide bonds. The van der Waals surface area contributed by atoms with Gasteiger partial charge in [0.25, 0.3) is 0 Å². The molecule has 2 N–H and O–H groups in total. The highest BCUT2D eigenvalue weighted by Gasteiger charge is 2.21. The first kappa shape index (κ1) is 19.4. The molecule has 1 aromatic heterocycles. The third-order valence-corrected chi connectivity index (χ3v) is 4.39. The SMILES string of the molecule is COCCC(=O)c1cc(C(=O)O)c(O)c2ncc(Cc3ccc(F)cc3)cc12. The fraction of sp³-hybridized carbons (Fsp3) is 0.190. The molecule has 1 heterocycles. The summed E-state index contributed by atoms with van der Waals surface area (Å²) < 4.78 is 18.0. The van der Waals surface area contributed by atoms with Gasteiger partial charge in [-0.25, -0.2) is 9.18 Å². The molecule has 0 fully saturated rings. The van der Waals surface area contributed by atoms with E-state index >= 15 is 0 Å². The fourth-order valence-electron chi connectivity index (χ4n) is 2.98. The number of carbonyl (C=O) groups excluding carboxylic acids is 1. The van der Waals surface area contributed by atoms with E-state index in [1.54, 1.807) is 18.2 Å². The minimum atomic E-state index is -1.35. The molecular formula is C21H18FNO5.